The molecule has 0 spiro atoms. The molecule has 11 heteroatoms. The maximum absolute atomic E-state index is 8.70. The highest BCUT2D eigenvalue weighted by molar-refractivity contribution is 5.42. The summed E-state index contributed by atoms with van der Waals surface area (Å²) in [5.74, 6) is 3.48. The van der Waals surface area contributed by atoms with Crippen LogP contribution in [0.15, 0.2) is 177 Å². The van der Waals surface area contributed by atoms with Crippen LogP contribution < -0.4 is 14.2 Å². The number of ether oxygens (including phenoxy) is 5. The predicted octanol–water partition coefficient (Wildman–Crippen LogP) is 15.5. The second-order valence-corrected chi connectivity index (χ2v) is 18.7. The third kappa shape index (κ3) is 34.9. The first-order valence-corrected chi connectivity index (χ1v) is 25.5. The van der Waals surface area contributed by atoms with E-state index in [2.05, 4.69) is 97.4 Å². The Hall–Kier alpha value is -7.31. The first kappa shape index (κ1) is 64.7. The summed E-state index contributed by atoms with van der Waals surface area (Å²) in [6.45, 7) is 31.1. The third-order valence-corrected chi connectivity index (χ3v) is 9.02. The summed E-state index contributed by atoms with van der Waals surface area (Å²) in [6, 6.07) is 49.6. The van der Waals surface area contributed by atoms with E-state index in [0.717, 1.165) is 25.5 Å². The van der Waals surface area contributed by atoms with Crippen molar-refractivity contribution in [3.63, 3.8) is 0 Å². The minimum atomic E-state index is 0.111. The van der Waals surface area contributed by atoms with Crippen LogP contribution in [0.5, 0.6) is 17.2 Å². The maximum atomic E-state index is 8.70. The fourth-order valence-electron chi connectivity index (χ4n) is 5.72. The van der Waals surface area contributed by atoms with Crippen LogP contribution in [0.3, 0.4) is 0 Å². The average Bonchev–Trinajstić information content (AvgIpc) is 3.90. The van der Waals surface area contributed by atoms with Crippen LogP contribution in [0.4, 0.5) is 0 Å². The van der Waals surface area contributed by atoms with Gasteiger partial charge in [-0.3, -0.25) is 14.6 Å². The van der Waals surface area contributed by atoms with Gasteiger partial charge in [0.1, 0.15) is 29.4 Å². The largest absolute Gasteiger partial charge is 0.490 e. The van der Waals surface area contributed by atoms with Crippen LogP contribution in [0.2, 0.25) is 0 Å². The molecule has 0 amide bonds. The van der Waals surface area contributed by atoms with Gasteiger partial charge in [-0.1, -0.05) is 131 Å². The fourth-order valence-corrected chi connectivity index (χ4v) is 5.72. The summed E-state index contributed by atoms with van der Waals surface area (Å²) in [5, 5.41) is 21.3. The van der Waals surface area contributed by atoms with E-state index < -0.39 is 0 Å². The molecule has 0 atom stereocenters. The number of aromatic nitrogens is 4. The van der Waals surface area contributed by atoms with Crippen molar-refractivity contribution in [2.24, 2.45) is 5.92 Å². The van der Waals surface area contributed by atoms with E-state index in [9.17, 15) is 0 Å². The van der Waals surface area contributed by atoms with Crippen LogP contribution in [0, 0.1) is 28.6 Å². The molecule has 7 rings (SSSR count). The molecule has 0 aliphatic carbocycles. The summed E-state index contributed by atoms with van der Waals surface area (Å²) < 4.78 is 28.9. The average molecular weight is 1010 g/mol. The SMILES string of the molecule is CC(C)Cn1cccn1.CC(C)OCc1ccccc1.CC(C)OCc1ccccc1.CC(C)Oc1ccccc1C#N.CC(C)Oc1cccnc1.CC(C)Oc1cncc(C#N)c1.CC(C)c1ccccc1. The van der Waals surface area contributed by atoms with Gasteiger partial charge in [0.2, 0.25) is 0 Å². The van der Waals surface area contributed by atoms with Gasteiger partial charge < -0.3 is 23.7 Å². The molecule has 0 N–H and O–H groups in total. The molecular weight excluding hydrogens is 921 g/mol. The molecule has 3 heterocycles. The van der Waals surface area contributed by atoms with E-state index in [1.807, 2.05) is 165 Å². The molecule has 74 heavy (non-hydrogen) atoms. The van der Waals surface area contributed by atoms with Gasteiger partial charge in [-0.15, -0.1) is 0 Å². The number of hydrogen-bond donors (Lipinski definition) is 0. The standard InChI is InChI=1S/C10H11NO.2C10H14O.C9H10N2O.C9H12.C8H11NO.C7H12N2/c1-8(2)12-10-6-4-3-5-9(10)7-11;2*1-9(2)11-8-10-6-4-3-5-7-10;1-7(2)12-9-3-8(4-10)5-11-6-9;1-8(2)9-6-4-3-5-7-9;1-7(2)10-8-4-3-5-9-6-8;1-7(2)6-9-5-3-4-8-9/h3-6,8H,1-2H3;2*3-7,9H,8H2,1-2H3;3,5-7H,1-2H3;3-8H,1-2H3;3-7H,1-2H3;3-5,7H,6H2,1-2H3. The van der Waals surface area contributed by atoms with E-state index in [-0.39, 0.29) is 18.3 Å². The van der Waals surface area contributed by atoms with Crippen LogP contribution >= 0.6 is 0 Å². The highest BCUT2D eigenvalue weighted by Gasteiger charge is 2.03. The quantitative estimate of drug-likeness (QED) is 0.0976. The minimum Gasteiger partial charge on any atom is -0.490 e. The first-order chi connectivity index (χ1) is 35.4. The summed E-state index contributed by atoms with van der Waals surface area (Å²) in [7, 11) is 0. The molecule has 7 aromatic rings. The number of rotatable bonds is 15. The van der Waals surface area contributed by atoms with Crippen LogP contribution in [-0.4, -0.2) is 50.3 Å². The number of para-hydroxylation sites is 1. The van der Waals surface area contributed by atoms with Crippen molar-refractivity contribution >= 4 is 0 Å². The second kappa shape index (κ2) is 40.2. The summed E-state index contributed by atoms with van der Waals surface area (Å²) in [4.78, 5) is 7.77. The Morgan fingerprint density at radius 2 is 0.973 bits per heavy atom. The molecular formula is C63H84N6O5. The van der Waals surface area contributed by atoms with Gasteiger partial charge >= 0.3 is 0 Å². The molecule has 0 aliphatic rings. The van der Waals surface area contributed by atoms with Crippen molar-refractivity contribution in [1.82, 2.24) is 19.7 Å². The molecule has 0 radical (unpaired) electrons. The summed E-state index contributed by atoms with van der Waals surface area (Å²) in [6.07, 6.45) is 11.4. The second-order valence-electron chi connectivity index (χ2n) is 18.7. The lowest BCUT2D eigenvalue weighted by Crippen LogP contribution is -2.06. The van der Waals surface area contributed by atoms with Crippen LogP contribution in [0.25, 0.3) is 0 Å². The van der Waals surface area contributed by atoms with Crippen molar-refractivity contribution in [3.05, 3.63) is 205 Å². The Morgan fingerprint density at radius 3 is 1.39 bits per heavy atom. The summed E-state index contributed by atoms with van der Waals surface area (Å²) in [5.41, 5.74) is 5.00. The maximum Gasteiger partial charge on any atom is 0.139 e. The van der Waals surface area contributed by atoms with E-state index >= 15 is 0 Å². The molecule has 11 nitrogen and oxygen atoms in total. The summed E-state index contributed by atoms with van der Waals surface area (Å²) >= 11 is 0. The molecule has 0 aliphatic heterocycles. The van der Waals surface area contributed by atoms with Gasteiger partial charge in [-0.05, 0) is 128 Å². The lowest BCUT2D eigenvalue weighted by Gasteiger charge is -2.09. The Morgan fingerprint density at radius 1 is 0.473 bits per heavy atom. The monoisotopic (exact) mass is 1000 g/mol. The molecule has 4 aromatic carbocycles. The highest BCUT2D eigenvalue weighted by Crippen LogP contribution is 2.18. The highest BCUT2D eigenvalue weighted by atomic mass is 16.5. The zero-order chi connectivity index (χ0) is 54.9. The van der Waals surface area contributed by atoms with Gasteiger partial charge in [0.15, 0.2) is 0 Å². The van der Waals surface area contributed by atoms with Crippen molar-refractivity contribution in [2.45, 2.75) is 153 Å². The Kier molecular flexibility index (Phi) is 35.2. The molecule has 0 bridgehead atoms. The number of pyridine rings is 2. The Bertz CT molecular complexity index is 2420. The van der Waals surface area contributed by atoms with Crippen LogP contribution in [0.1, 0.15) is 131 Å². The van der Waals surface area contributed by atoms with Gasteiger partial charge in [-0.2, -0.15) is 15.6 Å². The number of nitriles is 2. The normalized spacial score (nSPS) is 10.0. The smallest absolute Gasteiger partial charge is 0.139 e. The molecule has 0 saturated heterocycles. The molecule has 0 fully saturated rings. The van der Waals surface area contributed by atoms with Crippen molar-refractivity contribution < 1.29 is 23.7 Å². The lowest BCUT2D eigenvalue weighted by molar-refractivity contribution is 0.0655. The van der Waals surface area contributed by atoms with E-state index in [1.165, 1.54) is 22.9 Å². The molecule has 0 unspecified atom stereocenters. The molecule has 3 aromatic heterocycles. The van der Waals surface area contributed by atoms with Gasteiger partial charge in [0.05, 0.1) is 67.3 Å². The lowest BCUT2D eigenvalue weighted by atomic mass is 10.0. The van der Waals surface area contributed by atoms with Gasteiger partial charge in [0, 0.05) is 37.4 Å². The van der Waals surface area contributed by atoms with E-state index in [1.54, 1.807) is 36.8 Å². The zero-order valence-corrected chi connectivity index (χ0v) is 46.6. The fraction of sp³-hybridized carbons (Fsp3) is 0.381. The van der Waals surface area contributed by atoms with Crippen molar-refractivity contribution in [2.75, 3.05) is 0 Å². The van der Waals surface area contributed by atoms with E-state index in [4.69, 9.17) is 34.2 Å². The number of benzene rings is 4. The first-order valence-electron chi connectivity index (χ1n) is 25.5. The molecule has 396 valence electrons. The zero-order valence-electron chi connectivity index (χ0n) is 46.6. The van der Waals surface area contributed by atoms with Gasteiger partial charge in [-0.25, -0.2) is 0 Å². The Labute approximate surface area is 445 Å². The Balaban J connectivity index is 0.000000433. The van der Waals surface area contributed by atoms with Gasteiger partial charge in [0.25, 0.3) is 0 Å². The third-order valence-electron chi connectivity index (χ3n) is 9.02. The van der Waals surface area contributed by atoms with E-state index in [0.29, 0.717) is 46.7 Å². The predicted molar refractivity (Wildman–Crippen MR) is 302 cm³/mol. The minimum absolute atomic E-state index is 0.111. The topological polar surface area (TPSA) is 137 Å². The van der Waals surface area contributed by atoms with Crippen molar-refractivity contribution in [3.8, 4) is 29.4 Å². The van der Waals surface area contributed by atoms with Crippen LogP contribution in [-0.2, 0) is 29.2 Å². The molecule has 0 saturated carbocycles. The number of nitrogens with zero attached hydrogens (tertiary/aromatic N) is 6. The van der Waals surface area contributed by atoms with Crippen molar-refractivity contribution in [1.29, 1.82) is 10.5 Å². The number of hydrogen-bond acceptors (Lipinski definition) is 10.